The van der Waals surface area contributed by atoms with Crippen molar-refractivity contribution in [3.8, 4) is 0 Å². The van der Waals surface area contributed by atoms with E-state index < -0.39 is 5.60 Å². The van der Waals surface area contributed by atoms with Crippen molar-refractivity contribution in [2.24, 2.45) is 0 Å². The lowest BCUT2D eigenvalue weighted by molar-refractivity contribution is -0.151. The van der Waals surface area contributed by atoms with Crippen molar-refractivity contribution >= 4 is 65.6 Å². The van der Waals surface area contributed by atoms with E-state index in [-0.39, 0.29) is 30.7 Å². The molecule has 3 N–H and O–H groups in total. The predicted octanol–water partition coefficient (Wildman–Crippen LogP) is 1.96. The lowest BCUT2D eigenvalue weighted by atomic mass is 10.1. The number of nitrogens with zero attached hydrogens (tertiary/aromatic N) is 4. The maximum absolute atomic E-state index is 12.7. The number of H-pyrrole nitrogens is 1. The molecule has 4 aromatic heterocycles. The fraction of sp³-hybridized carbons (Fsp3) is 0.400. The third-order valence-electron chi connectivity index (χ3n) is 5.28. The molecule has 10 nitrogen and oxygen atoms in total. The summed E-state index contributed by atoms with van der Waals surface area (Å²) < 4.78 is 8.33. The highest BCUT2D eigenvalue weighted by Crippen LogP contribution is 2.30. The normalized spacial score (nSPS) is 19.2. The Balaban J connectivity index is 1.39. The Kier molecular flexibility index (Phi) is 5.29. The van der Waals surface area contributed by atoms with Gasteiger partial charge in [0.15, 0.2) is 0 Å². The number of hydrogen-bond donors (Lipinski definition) is 3. The third kappa shape index (κ3) is 3.92. The number of aromatic nitrogens is 4. The largest absolute Gasteiger partial charge is 0.394 e. The van der Waals surface area contributed by atoms with E-state index in [1.54, 1.807) is 23.0 Å². The summed E-state index contributed by atoms with van der Waals surface area (Å²) in [7, 11) is 0. The van der Waals surface area contributed by atoms with Crippen molar-refractivity contribution in [1.82, 2.24) is 24.5 Å². The van der Waals surface area contributed by atoms with Crippen LogP contribution in [0.3, 0.4) is 0 Å². The molecule has 5 heterocycles. The van der Waals surface area contributed by atoms with Crippen molar-refractivity contribution in [3.63, 3.8) is 0 Å². The van der Waals surface area contributed by atoms with Crippen molar-refractivity contribution < 1.29 is 14.6 Å². The van der Waals surface area contributed by atoms with Gasteiger partial charge in [-0.1, -0.05) is 0 Å². The van der Waals surface area contributed by atoms with E-state index in [0.717, 1.165) is 8.62 Å². The van der Waals surface area contributed by atoms with E-state index in [2.05, 4.69) is 36.3 Å². The van der Waals surface area contributed by atoms with Crippen LogP contribution in [0.5, 0.6) is 0 Å². The summed E-state index contributed by atoms with van der Waals surface area (Å²) in [5.74, 6) is -0.212. The molecule has 1 atom stereocenters. The second kappa shape index (κ2) is 7.89. The van der Waals surface area contributed by atoms with Crippen LogP contribution in [0, 0.1) is 0 Å². The van der Waals surface area contributed by atoms with Crippen LogP contribution < -0.4 is 10.9 Å². The van der Waals surface area contributed by atoms with Crippen molar-refractivity contribution in [3.05, 3.63) is 32.6 Å². The number of carbonyl (C=O) groups is 1. The first-order chi connectivity index (χ1) is 15.2. The molecule has 0 unspecified atom stereocenters. The van der Waals surface area contributed by atoms with Gasteiger partial charge in [0.05, 0.1) is 52.2 Å². The molecule has 1 aliphatic rings. The molecule has 0 aliphatic carbocycles. The third-order valence-corrected chi connectivity index (χ3v) is 6.85. The molecule has 0 bridgehead atoms. The number of hydrogen-bond acceptors (Lipinski definition) is 8. The van der Waals surface area contributed by atoms with Crippen LogP contribution >= 0.6 is 27.3 Å². The molecular weight excluding hydrogens is 500 g/mol. The first-order valence-corrected chi connectivity index (χ1v) is 11.6. The smallest absolute Gasteiger partial charge is 0.261 e. The van der Waals surface area contributed by atoms with Gasteiger partial charge in [0.1, 0.15) is 21.3 Å². The number of rotatable bonds is 4. The number of amides is 1. The number of aromatic amines is 1. The monoisotopic (exact) mass is 520 g/mol. The van der Waals surface area contributed by atoms with Gasteiger partial charge in [-0.25, -0.2) is 4.52 Å². The van der Waals surface area contributed by atoms with Gasteiger partial charge in [-0.15, -0.1) is 11.3 Å². The second-order valence-electron chi connectivity index (χ2n) is 8.48. The van der Waals surface area contributed by atoms with Crippen LogP contribution in [0.15, 0.2) is 27.0 Å². The van der Waals surface area contributed by atoms with E-state index in [4.69, 9.17) is 4.74 Å². The number of aliphatic hydroxyl groups excluding tert-OH is 1. The summed E-state index contributed by atoms with van der Waals surface area (Å²) in [4.78, 5) is 35.4. The lowest BCUT2D eigenvalue weighted by Crippen LogP contribution is -2.55. The van der Waals surface area contributed by atoms with Gasteiger partial charge in [0, 0.05) is 13.1 Å². The molecule has 1 amide bonds. The molecule has 0 saturated carbocycles. The maximum atomic E-state index is 12.7. The van der Waals surface area contributed by atoms with Gasteiger partial charge >= 0.3 is 0 Å². The number of anilines is 1. The van der Waals surface area contributed by atoms with Crippen molar-refractivity contribution in [2.45, 2.75) is 25.6 Å². The molecule has 1 fully saturated rings. The number of morpholine rings is 1. The molecule has 1 saturated heterocycles. The summed E-state index contributed by atoms with van der Waals surface area (Å²) in [5, 5.41) is 17.3. The van der Waals surface area contributed by atoms with Gasteiger partial charge in [-0.2, -0.15) is 5.10 Å². The minimum absolute atomic E-state index is 0.0965. The molecule has 168 valence electrons. The molecule has 5 rings (SSSR count). The zero-order valence-electron chi connectivity index (χ0n) is 17.4. The number of carbonyl (C=O) groups excluding carboxylic acids is 1. The van der Waals surface area contributed by atoms with Crippen LogP contribution in [0.25, 0.3) is 26.8 Å². The Morgan fingerprint density at radius 2 is 2.28 bits per heavy atom. The number of fused-ring (bicyclic) bond motifs is 5. The number of halogens is 1. The topological polar surface area (TPSA) is 125 Å². The molecule has 4 aromatic rings. The highest BCUT2D eigenvalue weighted by atomic mass is 79.9. The Morgan fingerprint density at radius 3 is 3.06 bits per heavy atom. The van der Waals surface area contributed by atoms with E-state index >= 15 is 0 Å². The van der Waals surface area contributed by atoms with Crippen LogP contribution in [-0.2, 0) is 9.53 Å². The van der Waals surface area contributed by atoms with Gasteiger partial charge < -0.3 is 20.1 Å². The highest BCUT2D eigenvalue weighted by molar-refractivity contribution is 9.11. The fourth-order valence-corrected chi connectivity index (χ4v) is 5.70. The number of aliphatic hydroxyl groups is 1. The van der Waals surface area contributed by atoms with Crippen LogP contribution in [-0.4, -0.2) is 73.4 Å². The number of thiazole rings is 1. The SMILES string of the molecule is CC1(C)CN(CC(=O)Nc2cnc3c(c2)[nH]c(=O)c2c3nn3cc(Br)sc23)C[C@H](CO)O1. The first kappa shape index (κ1) is 21.5. The van der Waals surface area contributed by atoms with Gasteiger partial charge in [-0.3, -0.25) is 19.5 Å². The summed E-state index contributed by atoms with van der Waals surface area (Å²) in [5.41, 5.74) is 1.35. The Bertz CT molecular complexity index is 1410. The minimum Gasteiger partial charge on any atom is -0.394 e. The summed E-state index contributed by atoms with van der Waals surface area (Å²) in [6.45, 7) is 4.98. The van der Waals surface area contributed by atoms with Crippen LogP contribution in [0.4, 0.5) is 5.69 Å². The number of ether oxygens (including phenoxy) is 1. The molecular formula is C20H21BrN6O4S. The molecule has 0 radical (unpaired) electrons. The summed E-state index contributed by atoms with van der Waals surface area (Å²) in [6, 6.07) is 1.68. The zero-order chi connectivity index (χ0) is 22.6. The van der Waals surface area contributed by atoms with Crippen molar-refractivity contribution in [2.75, 3.05) is 31.6 Å². The zero-order valence-corrected chi connectivity index (χ0v) is 19.8. The van der Waals surface area contributed by atoms with Gasteiger partial charge in [0.2, 0.25) is 5.91 Å². The van der Waals surface area contributed by atoms with Gasteiger partial charge in [-0.05, 0) is 35.8 Å². The Hall–Kier alpha value is -2.38. The average molecular weight is 521 g/mol. The minimum atomic E-state index is -0.449. The van der Waals surface area contributed by atoms with E-state index in [9.17, 15) is 14.7 Å². The first-order valence-electron chi connectivity index (χ1n) is 10.0. The quantitative estimate of drug-likeness (QED) is 0.375. The molecule has 0 aromatic carbocycles. The molecule has 32 heavy (non-hydrogen) atoms. The summed E-state index contributed by atoms with van der Waals surface area (Å²) in [6.07, 6.45) is 3.03. The predicted molar refractivity (Wildman–Crippen MR) is 125 cm³/mol. The second-order valence-corrected chi connectivity index (χ2v) is 10.9. The van der Waals surface area contributed by atoms with Crippen LogP contribution in [0.1, 0.15) is 13.8 Å². The van der Waals surface area contributed by atoms with Gasteiger partial charge in [0.25, 0.3) is 5.56 Å². The Morgan fingerprint density at radius 1 is 1.47 bits per heavy atom. The Labute approximate surface area is 194 Å². The fourth-order valence-electron chi connectivity index (χ4n) is 4.23. The van der Waals surface area contributed by atoms with E-state index in [0.29, 0.717) is 40.7 Å². The average Bonchev–Trinajstić information content (AvgIpc) is 3.22. The molecule has 1 aliphatic heterocycles. The molecule has 0 spiro atoms. The molecule has 12 heteroatoms. The standard InChI is InChI=1S/C20H21BrN6O4S/c1-20(2)9-26(5-11(8-28)31-20)7-14(29)23-10-3-12-16(22-4-10)17-15(18(30)24-12)19-27(25-17)6-13(21)32-19/h3-4,6,11,28H,5,7-9H2,1-2H3,(H,23,29)(H,24,30)/t11-/m1/s1. The number of pyridine rings is 2. The summed E-state index contributed by atoms with van der Waals surface area (Å²) >= 11 is 4.84. The lowest BCUT2D eigenvalue weighted by Gasteiger charge is -2.41. The van der Waals surface area contributed by atoms with Crippen molar-refractivity contribution in [1.29, 1.82) is 0 Å². The highest BCUT2D eigenvalue weighted by Gasteiger charge is 2.33. The van der Waals surface area contributed by atoms with E-state index in [1.807, 2.05) is 18.7 Å². The number of nitrogens with one attached hydrogen (secondary N) is 2. The van der Waals surface area contributed by atoms with Crippen LogP contribution in [0.2, 0.25) is 0 Å². The maximum Gasteiger partial charge on any atom is 0.261 e. The van der Waals surface area contributed by atoms with E-state index in [1.165, 1.54) is 11.3 Å².